The van der Waals surface area contributed by atoms with Crippen LogP contribution in [-0.4, -0.2) is 13.1 Å². The lowest BCUT2D eigenvalue weighted by Gasteiger charge is -2.56. The average Bonchev–Trinajstić information content (AvgIpc) is 2.24. The van der Waals surface area contributed by atoms with Gasteiger partial charge in [0.1, 0.15) is 0 Å². The van der Waals surface area contributed by atoms with Crippen molar-refractivity contribution in [2.24, 2.45) is 35.5 Å². The van der Waals surface area contributed by atoms with Gasteiger partial charge in [-0.1, -0.05) is 13.8 Å². The molecule has 0 heterocycles. The van der Waals surface area contributed by atoms with Crippen molar-refractivity contribution in [3.05, 3.63) is 0 Å². The summed E-state index contributed by atoms with van der Waals surface area (Å²) in [6, 6.07) is 0. The van der Waals surface area contributed by atoms with E-state index in [0.717, 1.165) is 42.1 Å². The molecule has 16 heavy (non-hydrogen) atoms. The van der Waals surface area contributed by atoms with E-state index in [4.69, 9.17) is 0 Å². The van der Waals surface area contributed by atoms with Crippen LogP contribution >= 0.6 is 0 Å². The molecule has 0 aliphatic heterocycles. The summed E-state index contributed by atoms with van der Waals surface area (Å²) in [5, 5.41) is 3.56. The van der Waals surface area contributed by atoms with Gasteiger partial charge in [0.2, 0.25) is 0 Å². The highest BCUT2D eigenvalue weighted by molar-refractivity contribution is 4.99. The van der Waals surface area contributed by atoms with E-state index in [0.29, 0.717) is 0 Å². The van der Waals surface area contributed by atoms with Crippen molar-refractivity contribution in [3.63, 3.8) is 0 Å². The molecule has 0 spiro atoms. The van der Waals surface area contributed by atoms with Crippen molar-refractivity contribution in [2.75, 3.05) is 13.1 Å². The maximum Gasteiger partial charge on any atom is -0.00204 e. The first-order chi connectivity index (χ1) is 7.78. The van der Waals surface area contributed by atoms with Crippen molar-refractivity contribution < 1.29 is 0 Å². The second-order valence-corrected chi connectivity index (χ2v) is 6.79. The summed E-state index contributed by atoms with van der Waals surface area (Å²) in [5.41, 5.74) is 0. The number of nitrogens with one attached hydrogen (secondary N) is 1. The molecule has 4 aliphatic rings. The lowest BCUT2D eigenvalue weighted by molar-refractivity contribution is -0.0579. The topological polar surface area (TPSA) is 12.0 Å². The minimum absolute atomic E-state index is 0.912. The number of rotatable bonds is 4. The van der Waals surface area contributed by atoms with E-state index in [-0.39, 0.29) is 0 Å². The maximum absolute atomic E-state index is 3.56. The quantitative estimate of drug-likeness (QED) is 0.768. The van der Waals surface area contributed by atoms with Crippen LogP contribution in [0, 0.1) is 35.5 Å². The molecule has 4 aliphatic carbocycles. The van der Waals surface area contributed by atoms with Crippen molar-refractivity contribution in [2.45, 2.75) is 46.0 Å². The Balaban J connectivity index is 1.67. The van der Waals surface area contributed by atoms with E-state index in [1.165, 1.54) is 6.54 Å². The molecule has 0 aromatic carbocycles. The molecule has 0 radical (unpaired) electrons. The SMILES string of the molecule is CCNCC(C)C1C2CC3CC(C2)CC1C3. The zero-order valence-corrected chi connectivity index (χ0v) is 10.9. The second kappa shape index (κ2) is 4.33. The Morgan fingerprint density at radius 3 is 2.06 bits per heavy atom. The van der Waals surface area contributed by atoms with Crippen molar-refractivity contribution in [1.82, 2.24) is 5.32 Å². The molecule has 1 unspecified atom stereocenters. The highest BCUT2D eigenvalue weighted by Crippen LogP contribution is 2.58. The van der Waals surface area contributed by atoms with Gasteiger partial charge in [-0.25, -0.2) is 0 Å². The molecule has 1 heteroatoms. The summed E-state index contributed by atoms with van der Waals surface area (Å²) in [5.74, 6) is 6.44. The monoisotopic (exact) mass is 221 g/mol. The van der Waals surface area contributed by atoms with E-state index in [1.807, 2.05) is 0 Å². The Morgan fingerprint density at radius 1 is 1.00 bits per heavy atom. The van der Waals surface area contributed by atoms with Gasteiger partial charge in [-0.15, -0.1) is 0 Å². The van der Waals surface area contributed by atoms with Gasteiger partial charge in [0, 0.05) is 0 Å². The van der Waals surface area contributed by atoms with E-state index in [2.05, 4.69) is 19.2 Å². The van der Waals surface area contributed by atoms with Crippen LogP contribution in [0.5, 0.6) is 0 Å². The minimum Gasteiger partial charge on any atom is -0.317 e. The maximum atomic E-state index is 3.56. The van der Waals surface area contributed by atoms with E-state index < -0.39 is 0 Å². The predicted octanol–water partition coefficient (Wildman–Crippen LogP) is 3.30. The summed E-state index contributed by atoms with van der Waals surface area (Å²) in [7, 11) is 0. The Labute approximate surface area is 100 Å². The zero-order chi connectivity index (χ0) is 11.1. The molecule has 0 saturated heterocycles. The molecule has 4 bridgehead atoms. The summed E-state index contributed by atoms with van der Waals surface area (Å²) < 4.78 is 0. The van der Waals surface area contributed by atoms with Crippen molar-refractivity contribution in [1.29, 1.82) is 0 Å². The highest BCUT2D eigenvalue weighted by atomic mass is 14.8. The average molecular weight is 221 g/mol. The molecule has 1 atom stereocenters. The Hall–Kier alpha value is -0.0400. The third kappa shape index (κ3) is 1.81. The molecular formula is C15H27N. The number of hydrogen-bond donors (Lipinski definition) is 1. The Kier molecular flexibility index (Phi) is 2.99. The summed E-state index contributed by atoms with van der Waals surface area (Å²) in [4.78, 5) is 0. The summed E-state index contributed by atoms with van der Waals surface area (Å²) >= 11 is 0. The second-order valence-electron chi connectivity index (χ2n) is 6.79. The van der Waals surface area contributed by atoms with Gasteiger partial charge in [-0.3, -0.25) is 0 Å². The Morgan fingerprint density at radius 2 is 1.56 bits per heavy atom. The normalized spacial score (nSPS) is 47.2. The molecule has 4 rings (SSSR count). The van der Waals surface area contributed by atoms with Gasteiger partial charge in [-0.2, -0.15) is 0 Å². The molecule has 4 saturated carbocycles. The first-order valence-electron chi connectivity index (χ1n) is 7.48. The van der Waals surface area contributed by atoms with Gasteiger partial charge in [0.05, 0.1) is 0 Å². The van der Waals surface area contributed by atoms with Gasteiger partial charge >= 0.3 is 0 Å². The van der Waals surface area contributed by atoms with Crippen LogP contribution in [-0.2, 0) is 0 Å². The van der Waals surface area contributed by atoms with E-state index in [1.54, 1.807) is 32.1 Å². The first-order valence-corrected chi connectivity index (χ1v) is 7.48. The molecule has 0 amide bonds. The van der Waals surface area contributed by atoms with E-state index in [9.17, 15) is 0 Å². The fourth-order valence-corrected chi connectivity index (χ4v) is 5.40. The molecule has 0 aromatic rings. The summed E-state index contributed by atoms with van der Waals surface area (Å²) in [6.07, 6.45) is 7.89. The lowest BCUT2D eigenvalue weighted by Crippen LogP contribution is -2.48. The van der Waals surface area contributed by atoms with Crippen LogP contribution in [0.4, 0.5) is 0 Å². The smallest absolute Gasteiger partial charge is 0.00204 e. The third-order valence-corrected chi connectivity index (χ3v) is 5.67. The largest absolute Gasteiger partial charge is 0.317 e. The third-order valence-electron chi connectivity index (χ3n) is 5.67. The van der Waals surface area contributed by atoms with Crippen LogP contribution in [0.1, 0.15) is 46.0 Å². The zero-order valence-electron chi connectivity index (χ0n) is 10.9. The van der Waals surface area contributed by atoms with Gasteiger partial charge in [0.15, 0.2) is 0 Å². The van der Waals surface area contributed by atoms with Crippen LogP contribution in [0.2, 0.25) is 0 Å². The lowest BCUT2D eigenvalue weighted by atomic mass is 9.50. The van der Waals surface area contributed by atoms with Crippen LogP contribution < -0.4 is 5.32 Å². The molecule has 1 nitrogen and oxygen atoms in total. The molecular weight excluding hydrogens is 194 g/mol. The minimum atomic E-state index is 0.912. The standard InChI is InChI=1S/C15H27N/c1-3-16-9-10(2)15-13-5-11-4-12(7-13)8-14(15)6-11/h10-16H,3-9H2,1-2H3. The van der Waals surface area contributed by atoms with E-state index >= 15 is 0 Å². The molecule has 4 fully saturated rings. The fraction of sp³-hybridized carbons (Fsp3) is 1.00. The molecule has 92 valence electrons. The van der Waals surface area contributed by atoms with Gasteiger partial charge < -0.3 is 5.32 Å². The predicted molar refractivity (Wildman–Crippen MR) is 68.2 cm³/mol. The highest BCUT2D eigenvalue weighted by Gasteiger charge is 2.49. The first kappa shape index (κ1) is 11.1. The van der Waals surface area contributed by atoms with Crippen LogP contribution in [0.3, 0.4) is 0 Å². The van der Waals surface area contributed by atoms with Crippen molar-refractivity contribution >= 4 is 0 Å². The Bertz CT molecular complexity index is 220. The molecule has 0 aromatic heterocycles. The van der Waals surface area contributed by atoms with Crippen LogP contribution in [0.25, 0.3) is 0 Å². The number of hydrogen-bond acceptors (Lipinski definition) is 1. The molecule has 1 N–H and O–H groups in total. The van der Waals surface area contributed by atoms with Gasteiger partial charge in [-0.05, 0) is 80.7 Å². The van der Waals surface area contributed by atoms with Crippen LogP contribution in [0.15, 0.2) is 0 Å². The van der Waals surface area contributed by atoms with Crippen molar-refractivity contribution in [3.8, 4) is 0 Å². The fourth-order valence-electron chi connectivity index (χ4n) is 5.40. The summed E-state index contributed by atoms with van der Waals surface area (Å²) in [6.45, 7) is 7.11. The van der Waals surface area contributed by atoms with Gasteiger partial charge in [0.25, 0.3) is 0 Å².